The van der Waals surface area contributed by atoms with Gasteiger partial charge in [-0.2, -0.15) is 4.98 Å². The van der Waals surface area contributed by atoms with Crippen LogP contribution in [-0.4, -0.2) is 19.1 Å². The number of nitrogens with zero attached hydrogens (tertiary/aromatic N) is 1. The Morgan fingerprint density at radius 3 is 2.29 bits per heavy atom. The van der Waals surface area contributed by atoms with Gasteiger partial charge in [-0.25, -0.2) is 8.78 Å². The molecule has 21 heavy (non-hydrogen) atoms. The zero-order valence-electron chi connectivity index (χ0n) is 11.0. The average Bonchev–Trinajstić information content (AvgIpc) is 2.45. The van der Waals surface area contributed by atoms with Gasteiger partial charge in [-0.15, -0.1) is 0 Å². The molecular formula is C13H10Br2F2N2O2. The van der Waals surface area contributed by atoms with E-state index in [1.165, 1.54) is 14.2 Å². The van der Waals surface area contributed by atoms with Gasteiger partial charge in [-0.1, -0.05) is 0 Å². The lowest BCUT2D eigenvalue weighted by atomic mass is 10.3. The van der Waals surface area contributed by atoms with E-state index in [4.69, 9.17) is 9.47 Å². The predicted molar refractivity (Wildman–Crippen MR) is 82.2 cm³/mol. The van der Waals surface area contributed by atoms with Crippen molar-refractivity contribution in [3.63, 3.8) is 0 Å². The molecule has 1 N–H and O–H groups in total. The topological polar surface area (TPSA) is 43.4 Å². The van der Waals surface area contributed by atoms with Crippen molar-refractivity contribution in [2.45, 2.75) is 0 Å². The molecule has 2 rings (SSSR count). The monoisotopic (exact) mass is 422 g/mol. The second-order valence-electron chi connectivity index (χ2n) is 3.88. The van der Waals surface area contributed by atoms with E-state index in [-0.39, 0.29) is 11.7 Å². The van der Waals surface area contributed by atoms with Crippen molar-refractivity contribution in [1.82, 2.24) is 4.98 Å². The van der Waals surface area contributed by atoms with Gasteiger partial charge in [0.15, 0.2) is 17.5 Å². The van der Waals surface area contributed by atoms with Gasteiger partial charge in [0, 0.05) is 13.1 Å². The Morgan fingerprint density at radius 1 is 1.05 bits per heavy atom. The van der Waals surface area contributed by atoms with Crippen molar-refractivity contribution < 1.29 is 18.3 Å². The molecule has 0 aliphatic carbocycles. The van der Waals surface area contributed by atoms with Crippen LogP contribution in [0.1, 0.15) is 0 Å². The van der Waals surface area contributed by atoms with Crippen molar-refractivity contribution in [3.05, 3.63) is 38.8 Å². The van der Waals surface area contributed by atoms with Crippen molar-refractivity contribution >= 4 is 37.7 Å². The number of aromatic nitrogens is 1. The van der Waals surface area contributed by atoms with Crippen LogP contribution in [0, 0.1) is 11.6 Å². The zero-order valence-corrected chi connectivity index (χ0v) is 14.2. The summed E-state index contributed by atoms with van der Waals surface area (Å²) in [6.45, 7) is 0. The van der Waals surface area contributed by atoms with E-state index in [2.05, 4.69) is 42.2 Å². The molecule has 8 heteroatoms. The van der Waals surface area contributed by atoms with E-state index < -0.39 is 11.6 Å². The Hall–Kier alpha value is -1.41. The Kier molecular flexibility index (Phi) is 5.00. The van der Waals surface area contributed by atoms with E-state index >= 15 is 0 Å². The largest absolute Gasteiger partial charge is 0.496 e. The molecule has 0 amide bonds. The second kappa shape index (κ2) is 6.57. The fourth-order valence-corrected chi connectivity index (χ4v) is 2.43. The van der Waals surface area contributed by atoms with Crippen LogP contribution in [0.5, 0.6) is 17.4 Å². The van der Waals surface area contributed by atoms with Crippen molar-refractivity contribution in [2.24, 2.45) is 0 Å². The third kappa shape index (κ3) is 3.44. The molecule has 0 saturated heterocycles. The maximum absolute atomic E-state index is 13.7. The Morgan fingerprint density at radius 2 is 1.67 bits per heavy atom. The Labute approximate surface area is 136 Å². The van der Waals surface area contributed by atoms with Crippen molar-refractivity contribution in [3.8, 4) is 17.4 Å². The van der Waals surface area contributed by atoms with E-state index in [9.17, 15) is 8.78 Å². The number of ether oxygens (including phenoxy) is 2. The molecule has 2 aromatic rings. The minimum absolute atomic E-state index is 0.102. The highest BCUT2D eigenvalue weighted by molar-refractivity contribution is 9.11. The Bertz CT molecular complexity index is 684. The summed E-state index contributed by atoms with van der Waals surface area (Å²) in [5.74, 6) is -1.24. The van der Waals surface area contributed by atoms with Crippen molar-refractivity contribution in [1.29, 1.82) is 0 Å². The van der Waals surface area contributed by atoms with E-state index in [1.54, 1.807) is 12.1 Å². The lowest BCUT2D eigenvalue weighted by Crippen LogP contribution is -2.01. The molecule has 4 nitrogen and oxygen atoms in total. The number of methoxy groups -OCH3 is 1. The summed E-state index contributed by atoms with van der Waals surface area (Å²) in [5, 5.41) is 2.52. The molecule has 0 atom stereocenters. The number of nitrogens with one attached hydrogen (secondary N) is 1. The minimum atomic E-state index is -0.898. The van der Waals surface area contributed by atoms with Crippen LogP contribution in [0.4, 0.5) is 14.6 Å². The van der Waals surface area contributed by atoms with E-state index in [0.717, 1.165) is 0 Å². The molecule has 0 aliphatic heterocycles. The first-order valence-corrected chi connectivity index (χ1v) is 7.29. The summed E-state index contributed by atoms with van der Waals surface area (Å²) < 4.78 is 38.8. The van der Waals surface area contributed by atoms with E-state index in [1.807, 2.05) is 0 Å². The highest BCUT2D eigenvalue weighted by Gasteiger charge is 2.15. The summed E-state index contributed by atoms with van der Waals surface area (Å²) in [7, 11) is 3.00. The van der Waals surface area contributed by atoms with Crippen LogP contribution in [0.25, 0.3) is 0 Å². The molecule has 0 bridgehead atoms. The number of hydrogen-bond donors (Lipinski definition) is 1. The van der Waals surface area contributed by atoms with Crippen LogP contribution in [0.3, 0.4) is 0 Å². The summed E-state index contributed by atoms with van der Waals surface area (Å²) in [6, 6.07) is 3.95. The van der Waals surface area contributed by atoms with Crippen LogP contribution in [-0.2, 0) is 0 Å². The predicted octanol–water partition coefficient (Wildman–Crippen LogP) is 4.73. The van der Waals surface area contributed by atoms with E-state index in [0.29, 0.717) is 26.5 Å². The third-order valence-corrected chi connectivity index (χ3v) is 3.79. The van der Waals surface area contributed by atoms with Crippen LogP contribution in [0.15, 0.2) is 27.1 Å². The number of rotatable bonds is 4. The van der Waals surface area contributed by atoms with Gasteiger partial charge in [-0.3, -0.25) is 0 Å². The first-order chi connectivity index (χ1) is 9.96. The highest BCUT2D eigenvalue weighted by atomic mass is 79.9. The fraction of sp³-hybridized carbons (Fsp3) is 0.154. The van der Waals surface area contributed by atoms with Crippen LogP contribution >= 0.6 is 31.9 Å². The van der Waals surface area contributed by atoms with Crippen molar-refractivity contribution in [2.75, 3.05) is 19.5 Å². The number of benzene rings is 1. The minimum Gasteiger partial charge on any atom is -0.496 e. The van der Waals surface area contributed by atoms with Crippen LogP contribution in [0.2, 0.25) is 0 Å². The molecule has 0 aliphatic rings. The summed E-state index contributed by atoms with van der Waals surface area (Å²) >= 11 is 6.59. The summed E-state index contributed by atoms with van der Waals surface area (Å²) in [6.07, 6.45) is 0. The molecule has 1 aromatic carbocycles. The number of pyridine rings is 1. The van der Waals surface area contributed by atoms with Gasteiger partial charge < -0.3 is 14.8 Å². The zero-order chi connectivity index (χ0) is 15.6. The van der Waals surface area contributed by atoms with Gasteiger partial charge in [0.1, 0.15) is 11.5 Å². The average molecular weight is 424 g/mol. The smallest absolute Gasteiger partial charge is 0.258 e. The maximum Gasteiger partial charge on any atom is 0.258 e. The standard InChI is InChI=1S/C13H10Br2F2N2O2/c1-18-12-8(16)5-9(17)13(19-12)21-11-4-6(14)10(20-2)3-7(11)15/h3-5H,1-2H3,(H,18,19). The number of halogens is 4. The summed E-state index contributed by atoms with van der Waals surface area (Å²) in [5.41, 5.74) is 0. The normalized spacial score (nSPS) is 10.4. The van der Waals surface area contributed by atoms with Crippen LogP contribution < -0.4 is 14.8 Å². The molecular weight excluding hydrogens is 414 g/mol. The first kappa shape index (κ1) is 16.0. The fourth-order valence-electron chi connectivity index (χ4n) is 1.55. The molecule has 0 saturated carbocycles. The second-order valence-corrected chi connectivity index (χ2v) is 5.58. The first-order valence-electron chi connectivity index (χ1n) is 5.71. The van der Waals surface area contributed by atoms with Gasteiger partial charge >= 0.3 is 0 Å². The number of hydrogen-bond acceptors (Lipinski definition) is 4. The lowest BCUT2D eigenvalue weighted by Gasteiger charge is -2.12. The van der Waals surface area contributed by atoms with Gasteiger partial charge in [0.25, 0.3) is 5.88 Å². The number of anilines is 1. The lowest BCUT2D eigenvalue weighted by molar-refractivity contribution is 0.402. The van der Waals surface area contributed by atoms with Gasteiger partial charge in [-0.05, 0) is 44.0 Å². The molecule has 0 spiro atoms. The SMILES string of the molecule is CNc1nc(Oc2cc(Br)c(OC)cc2Br)c(F)cc1F. The molecule has 1 heterocycles. The highest BCUT2D eigenvalue weighted by Crippen LogP contribution is 2.38. The molecule has 112 valence electrons. The molecule has 0 radical (unpaired) electrons. The summed E-state index contributed by atoms with van der Waals surface area (Å²) in [4.78, 5) is 3.75. The third-order valence-electron chi connectivity index (χ3n) is 2.55. The molecule has 1 aromatic heterocycles. The van der Waals surface area contributed by atoms with Gasteiger partial charge in [0.05, 0.1) is 16.1 Å². The molecule has 0 unspecified atom stereocenters. The molecule has 0 fully saturated rings. The Balaban J connectivity index is 2.41. The van der Waals surface area contributed by atoms with Gasteiger partial charge in [0.2, 0.25) is 0 Å². The quantitative estimate of drug-likeness (QED) is 0.772. The maximum atomic E-state index is 13.7.